The molecule has 0 radical (unpaired) electrons. The number of hydrogen-bond acceptors (Lipinski definition) is 5. The molecule has 96 valence electrons. The summed E-state index contributed by atoms with van der Waals surface area (Å²) < 4.78 is 30.2. The number of sulfonamides is 1. The molecule has 0 aliphatic carbocycles. The lowest BCUT2D eigenvalue weighted by atomic mass is 10.2. The van der Waals surface area contributed by atoms with Crippen LogP contribution in [0.2, 0.25) is 0 Å². The number of nitrogens with one attached hydrogen (secondary N) is 1. The number of carboxylic acid groups (broad SMARTS) is 1. The molecule has 3 atom stereocenters. The third kappa shape index (κ3) is 3.66. The molecule has 7 nitrogen and oxygen atoms in total. The van der Waals surface area contributed by atoms with Crippen molar-refractivity contribution < 1.29 is 23.1 Å². The largest absolute Gasteiger partial charge is 0.479 e. The van der Waals surface area contributed by atoms with Crippen molar-refractivity contribution in [2.24, 2.45) is 0 Å². The van der Waals surface area contributed by atoms with E-state index >= 15 is 0 Å². The van der Waals surface area contributed by atoms with Crippen molar-refractivity contribution in [3.8, 4) is 6.07 Å². The number of rotatable bonds is 5. The van der Waals surface area contributed by atoms with Crippen LogP contribution in [-0.2, 0) is 19.6 Å². The molecule has 1 rings (SSSR count). The van der Waals surface area contributed by atoms with Crippen LogP contribution in [0.4, 0.5) is 0 Å². The van der Waals surface area contributed by atoms with Gasteiger partial charge in [0.2, 0.25) is 10.0 Å². The maximum absolute atomic E-state index is 11.4. The lowest BCUT2D eigenvalue weighted by Crippen LogP contribution is -2.37. The molecule has 0 aromatic rings. The van der Waals surface area contributed by atoms with Gasteiger partial charge in [-0.05, 0) is 19.8 Å². The molecule has 2 N–H and O–H groups in total. The summed E-state index contributed by atoms with van der Waals surface area (Å²) in [5, 5.41) is 16.0. The normalized spacial score (nSPS) is 26.4. The van der Waals surface area contributed by atoms with Crippen LogP contribution >= 0.6 is 0 Å². The summed E-state index contributed by atoms with van der Waals surface area (Å²) in [6.45, 7) is 1.27. The Hall–Kier alpha value is -1.17. The van der Waals surface area contributed by atoms with Crippen LogP contribution in [0.5, 0.6) is 0 Å². The van der Waals surface area contributed by atoms with Crippen LogP contribution in [0.1, 0.15) is 19.8 Å². The van der Waals surface area contributed by atoms with E-state index in [1.807, 2.05) is 0 Å². The molecule has 1 heterocycles. The lowest BCUT2D eigenvalue weighted by molar-refractivity contribution is -0.149. The van der Waals surface area contributed by atoms with Crippen LogP contribution < -0.4 is 4.72 Å². The third-order valence-corrected chi connectivity index (χ3v) is 4.15. The molecule has 1 saturated heterocycles. The summed E-state index contributed by atoms with van der Waals surface area (Å²) in [5.74, 6) is -1.04. The molecule has 0 aromatic carbocycles. The molecule has 0 amide bonds. The monoisotopic (exact) mass is 262 g/mol. The minimum Gasteiger partial charge on any atom is -0.479 e. The highest BCUT2D eigenvalue weighted by Gasteiger charge is 2.31. The number of hydrogen-bond donors (Lipinski definition) is 2. The molecule has 1 aliphatic heterocycles. The summed E-state index contributed by atoms with van der Waals surface area (Å²) in [4.78, 5) is 10.6. The standard InChI is InChI=1S/C9H14N2O5S/c1-6(4-10)17(14,15)11-5-7-2-3-8(16-7)9(12)13/h6-8,11H,2-3,5H2,1H3,(H,12,13). The van der Waals surface area contributed by atoms with Gasteiger partial charge < -0.3 is 9.84 Å². The fraction of sp³-hybridized carbons (Fsp3) is 0.778. The Kier molecular flexibility index (Phi) is 4.45. The van der Waals surface area contributed by atoms with E-state index < -0.39 is 33.5 Å². The van der Waals surface area contributed by atoms with E-state index in [1.54, 1.807) is 6.07 Å². The highest BCUT2D eigenvalue weighted by Crippen LogP contribution is 2.19. The van der Waals surface area contributed by atoms with E-state index in [0.29, 0.717) is 12.8 Å². The van der Waals surface area contributed by atoms with Crippen molar-refractivity contribution >= 4 is 16.0 Å². The van der Waals surface area contributed by atoms with Gasteiger partial charge >= 0.3 is 5.97 Å². The number of nitrogens with zero attached hydrogens (tertiary/aromatic N) is 1. The van der Waals surface area contributed by atoms with Gasteiger partial charge in [0.15, 0.2) is 11.4 Å². The number of nitriles is 1. The van der Waals surface area contributed by atoms with Crippen LogP contribution in [-0.4, -0.2) is 43.5 Å². The molecule has 1 fully saturated rings. The SMILES string of the molecule is CC(C#N)S(=O)(=O)NCC1CCC(C(=O)O)O1. The Labute approximate surface area is 99.4 Å². The number of aliphatic carboxylic acids is 1. The van der Waals surface area contributed by atoms with E-state index in [4.69, 9.17) is 15.1 Å². The highest BCUT2D eigenvalue weighted by atomic mass is 32.2. The predicted molar refractivity (Wildman–Crippen MR) is 57.5 cm³/mol. The van der Waals surface area contributed by atoms with Gasteiger partial charge in [-0.3, -0.25) is 0 Å². The van der Waals surface area contributed by atoms with E-state index in [-0.39, 0.29) is 6.54 Å². The third-order valence-electron chi connectivity index (χ3n) is 2.54. The van der Waals surface area contributed by atoms with Crippen LogP contribution in [0.25, 0.3) is 0 Å². The predicted octanol–water partition coefficient (Wildman–Crippen LogP) is -0.550. The first kappa shape index (κ1) is 13.9. The van der Waals surface area contributed by atoms with Crippen molar-refractivity contribution in [2.75, 3.05) is 6.54 Å². The Morgan fingerprint density at radius 3 is 2.76 bits per heavy atom. The number of ether oxygens (including phenoxy) is 1. The van der Waals surface area contributed by atoms with Crippen LogP contribution in [0, 0.1) is 11.3 Å². The average Bonchev–Trinajstić information content (AvgIpc) is 2.74. The molecule has 17 heavy (non-hydrogen) atoms. The fourth-order valence-corrected chi connectivity index (χ4v) is 2.25. The van der Waals surface area contributed by atoms with E-state index in [0.717, 1.165) is 0 Å². The van der Waals surface area contributed by atoms with E-state index in [1.165, 1.54) is 6.92 Å². The molecule has 1 aliphatic rings. The average molecular weight is 262 g/mol. The molecule has 0 aromatic heterocycles. The smallest absolute Gasteiger partial charge is 0.332 e. The number of carbonyl (C=O) groups is 1. The maximum Gasteiger partial charge on any atom is 0.332 e. The zero-order chi connectivity index (χ0) is 13.1. The zero-order valence-corrected chi connectivity index (χ0v) is 10.1. The fourth-order valence-electron chi connectivity index (χ4n) is 1.44. The van der Waals surface area contributed by atoms with E-state index in [2.05, 4.69) is 4.72 Å². The molecule has 8 heteroatoms. The lowest BCUT2D eigenvalue weighted by Gasteiger charge is -2.13. The molecular formula is C9H14N2O5S. The topological polar surface area (TPSA) is 116 Å². The van der Waals surface area contributed by atoms with Crippen molar-refractivity contribution in [1.29, 1.82) is 5.26 Å². The Morgan fingerprint density at radius 1 is 1.65 bits per heavy atom. The van der Waals surface area contributed by atoms with Gasteiger partial charge in [-0.2, -0.15) is 5.26 Å². The van der Waals surface area contributed by atoms with Gasteiger partial charge in [0.05, 0.1) is 12.2 Å². The second-order valence-electron chi connectivity index (χ2n) is 3.83. The quantitative estimate of drug-likeness (QED) is 0.686. The molecular weight excluding hydrogens is 248 g/mol. The minimum atomic E-state index is -3.67. The second kappa shape index (κ2) is 5.44. The Bertz CT molecular complexity index is 427. The number of carboxylic acids is 1. The molecule has 3 unspecified atom stereocenters. The summed E-state index contributed by atoms with van der Waals surface area (Å²) in [7, 11) is -3.67. The van der Waals surface area contributed by atoms with Crippen molar-refractivity contribution in [2.45, 2.75) is 37.2 Å². The van der Waals surface area contributed by atoms with Gasteiger partial charge in [0.1, 0.15) is 0 Å². The van der Waals surface area contributed by atoms with Crippen LogP contribution in [0.15, 0.2) is 0 Å². The van der Waals surface area contributed by atoms with Crippen molar-refractivity contribution in [1.82, 2.24) is 4.72 Å². The minimum absolute atomic E-state index is 0.00185. The summed E-state index contributed by atoms with van der Waals surface area (Å²) in [6, 6.07) is 1.62. The molecule has 0 spiro atoms. The second-order valence-corrected chi connectivity index (χ2v) is 5.91. The summed E-state index contributed by atoms with van der Waals surface area (Å²) in [5.41, 5.74) is 0. The maximum atomic E-state index is 11.4. The van der Waals surface area contributed by atoms with Crippen LogP contribution in [0.3, 0.4) is 0 Å². The van der Waals surface area contributed by atoms with Gasteiger partial charge in [0, 0.05) is 6.54 Å². The molecule has 0 saturated carbocycles. The first-order valence-electron chi connectivity index (χ1n) is 5.13. The van der Waals surface area contributed by atoms with Gasteiger partial charge in [-0.15, -0.1) is 0 Å². The summed E-state index contributed by atoms with van der Waals surface area (Å²) in [6.07, 6.45) is -0.453. The first-order valence-corrected chi connectivity index (χ1v) is 6.68. The highest BCUT2D eigenvalue weighted by molar-refractivity contribution is 7.90. The van der Waals surface area contributed by atoms with Gasteiger partial charge in [-0.25, -0.2) is 17.9 Å². The van der Waals surface area contributed by atoms with E-state index in [9.17, 15) is 13.2 Å². The van der Waals surface area contributed by atoms with Crippen molar-refractivity contribution in [3.63, 3.8) is 0 Å². The first-order chi connectivity index (χ1) is 7.86. The van der Waals surface area contributed by atoms with Gasteiger partial charge in [0.25, 0.3) is 0 Å². The van der Waals surface area contributed by atoms with Crippen molar-refractivity contribution in [3.05, 3.63) is 0 Å². The van der Waals surface area contributed by atoms with Gasteiger partial charge in [-0.1, -0.05) is 0 Å². The Morgan fingerprint density at radius 2 is 2.29 bits per heavy atom. The molecule has 0 bridgehead atoms. The summed E-state index contributed by atoms with van der Waals surface area (Å²) >= 11 is 0. The Balaban J connectivity index is 2.44. The zero-order valence-electron chi connectivity index (χ0n) is 9.29.